The highest BCUT2D eigenvalue weighted by Gasteiger charge is 2.29. The number of fused-ring (bicyclic) bond motifs is 1. The van der Waals surface area contributed by atoms with Gasteiger partial charge in [0.25, 0.3) is 0 Å². The molecule has 2 unspecified atom stereocenters. The molecule has 5 nitrogen and oxygen atoms in total. The summed E-state index contributed by atoms with van der Waals surface area (Å²) in [5.41, 5.74) is 1.55. The van der Waals surface area contributed by atoms with E-state index in [0.29, 0.717) is 11.4 Å². The van der Waals surface area contributed by atoms with Crippen LogP contribution in [-0.4, -0.2) is 25.3 Å². The van der Waals surface area contributed by atoms with Crippen molar-refractivity contribution in [3.63, 3.8) is 0 Å². The molecular formula is C18H16N2O3S2. The zero-order valence-corrected chi connectivity index (χ0v) is 15.1. The minimum absolute atomic E-state index is 0.0707. The van der Waals surface area contributed by atoms with E-state index in [1.165, 1.54) is 19.1 Å². The number of carbonyl (C=O) groups is 1. The number of hydrogen-bond donors (Lipinski definition) is 1. The molecule has 2 aromatic carbocycles. The van der Waals surface area contributed by atoms with Crippen LogP contribution in [0.5, 0.6) is 0 Å². The van der Waals surface area contributed by atoms with E-state index >= 15 is 0 Å². The summed E-state index contributed by atoms with van der Waals surface area (Å²) in [6.07, 6.45) is 0. The summed E-state index contributed by atoms with van der Waals surface area (Å²) in [6, 6.07) is 15.5. The Morgan fingerprint density at radius 1 is 1.24 bits per heavy atom. The number of hydrogen-bond acceptors (Lipinski definition) is 5. The lowest BCUT2D eigenvalue weighted by molar-refractivity contribution is -0.117. The molecule has 0 bridgehead atoms. The van der Waals surface area contributed by atoms with Crippen molar-refractivity contribution < 1.29 is 13.2 Å². The van der Waals surface area contributed by atoms with Crippen LogP contribution in [0.4, 0.5) is 5.69 Å². The molecule has 7 heteroatoms. The number of nitriles is 1. The van der Waals surface area contributed by atoms with Gasteiger partial charge >= 0.3 is 0 Å². The number of anilines is 1. The van der Waals surface area contributed by atoms with Gasteiger partial charge in [-0.2, -0.15) is 5.26 Å². The summed E-state index contributed by atoms with van der Waals surface area (Å²) in [7, 11) is -3.67. The van der Waals surface area contributed by atoms with Gasteiger partial charge in [-0.3, -0.25) is 4.79 Å². The van der Waals surface area contributed by atoms with Crippen molar-refractivity contribution in [2.45, 2.75) is 27.9 Å². The van der Waals surface area contributed by atoms with Crippen LogP contribution in [0, 0.1) is 11.3 Å². The molecule has 0 spiro atoms. The Hall–Kier alpha value is -2.30. The minimum Gasteiger partial charge on any atom is -0.326 e. The van der Waals surface area contributed by atoms with E-state index in [2.05, 4.69) is 5.32 Å². The molecule has 0 radical (unpaired) electrons. The Balaban J connectivity index is 1.75. The number of benzene rings is 2. The Labute approximate surface area is 151 Å². The molecule has 1 aliphatic rings. The number of carbonyl (C=O) groups excluding carboxylic acids is 1. The van der Waals surface area contributed by atoms with Crippen LogP contribution in [0.3, 0.4) is 0 Å². The van der Waals surface area contributed by atoms with E-state index in [1.807, 2.05) is 24.3 Å². The molecule has 2 aromatic rings. The van der Waals surface area contributed by atoms with Gasteiger partial charge in [-0.1, -0.05) is 18.2 Å². The molecule has 2 atom stereocenters. The van der Waals surface area contributed by atoms with E-state index < -0.39 is 15.1 Å². The van der Waals surface area contributed by atoms with Crippen LogP contribution >= 0.6 is 11.8 Å². The lowest BCUT2D eigenvalue weighted by atomic mass is 10.0. The van der Waals surface area contributed by atoms with Crippen molar-refractivity contribution in [3.05, 3.63) is 54.1 Å². The second-order valence-electron chi connectivity index (χ2n) is 5.73. The molecule has 3 rings (SSSR count). The first-order valence-corrected chi connectivity index (χ1v) is 10.2. The summed E-state index contributed by atoms with van der Waals surface area (Å²) in [4.78, 5) is 13.7. The number of nitrogens with zero attached hydrogens (tertiary/aromatic N) is 1. The van der Waals surface area contributed by atoms with Gasteiger partial charge in [-0.25, -0.2) is 8.42 Å². The van der Waals surface area contributed by atoms with Crippen molar-refractivity contribution in [2.75, 3.05) is 11.1 Å². The molecule has 0 saturated carbocycles. The molecule has 1 heterocycles. The second kappa shape index (κ2) is 6.90. The van der Waals surface area contributed by atoms with Crippen LogP contribution < -0.4 is 5.32 Å². The van der Waals surface area contributed by atoms with Crippen LogP contribution in [0.2, 0.25) is 0 Å². The fraction of sp³-hybridized carbons (Fsp3) is 0.222. The summed E-state index contributed by atoms with van der Waals surface area (Å²) in [5.74, 6) is 0.360. The third-order valence-corrected chi connectivity index (χ3v) is 7.26. The molecule has 1 amide bonds. The van der Waals surface area contributed by atoms with Crippen molar-refractivity contribution in [2.24, 2.45) is 0 Å². The average molecular weight is 372 g/mol. The van der Waals surface area contributed by atoms with E-state index in [0.717, 1.165) is 10.5 Å². The van der Waals surface area contributed by atoms with Gasteiger partial charge in [0.1, 0.15) is 5.25 Å². The lowest BCUT2D eigenvalue weighted by Crippen LogP contribution is -2.21. The van der Waals surface area contributed by atoms with Crippen LogP contribution in [-0.2, 0) is 14.6 Å². The number of nitrogens with one attached hydrogen (secondary N) is 1. The van der Waals surface area contributed by atoms with Crippen LogP contribution in [0.25, 0.3) is 0 Å². The van der Waals surface area contributed by atoms with E-state index in [4.69, 9.17) is 5.26 Å². The Bertz CT molecular complexity index is 947. The molecule has 0 saturated heterocycles. The topological polar surface area (TPSA) is 87.0 Å². The van der Waals surface area contributed by atoms with Gasteiger partial charge < -0.3 is 5.32 Å². The summed E-state index contributed by atoms with van der Waals surface area (Å²) in [6.45, 7) is 1.35. The first kappa shape index (κ1) is 17.5. The number of thioether (sulfide) groups is 1. The molecule has 0 aliphatic carbocycles. The first-order valence-electron chi connectivity index (χ1n) is 7.69. The number of amides is 1. The summed E-state index contributed by atoms with van der Waals surface area (Å²) < 4.78 is 24.3. The van der Waals surface area contributed by atoms with Gasteiger partial charge in [0.05, 0.1) is 16.9 Å². The Kier molecular flexibility index (Phi) is 4.84. The standard InChI is InChI=1S/C18H16N2O3S2/c1-12(10-19)25(22,23)14-8-6-13(7-9-14)20-18(21)16-11-24-17-5-3-2-4-15(16)17/h2-9,12,16H,11H2,1H3,(H,20,21). The zero-order chi connectivity index (χ0) is 18.0. The zero-order valence-electron chi connectivity index (χ0n) is 13.5. The fourth-order valence-corrected chi connectivity index (χ4v) is 4.90. The maximum Gasteiger partial charge on any atom is 0.232 e. The van der Waals surface area contributed by atoms with Gasteiger partial charge in [-0.15, -0.1) is 11.8 Å². The van der Waals surface area contributed by atoms with Gasteiger partial charge in [-0.05, 0) is 42.8 Å². The number of sulfone groups is 1. The third kappa shape index (κ3) is 3.41. The molecular weight excluding hydrogens is 356 g/mol. The maximum absolute atomic E-state index is 12.5. The van der Waals surface area contributed by atoms with Crippen LogP contribution in [0.1, 0.15) is 18.4 Å². The van der Waals surface area contributed by atoms with Crippen molar-refractivity contribution >= 4 is 33.2 Å². The number of rotatable bonds is 4. The van der Waals surface area contributed by atoms with E-state index in [1.54, 1.807) is 30.0 Å². The quantitative estimate of drug-likeness (QED) is 0.890. The molecule has 0 fully saturated rings. The highest BCUT2D eigenvalue weighted by Crippen LogP contribution is 2.39. The van der Waals surface area contributed by atoms with Gasteiger partial charge in [0.2, 0.25) is 5.91 Å². The van der Waals surface area contributed by atoms with Gasteiger partial charge in [0, 0.05) is 16.3 Å². The van der Waals surface area contributed by atoms with Crippen LogP contribution in [0.15, 0.2) is 58.3 Å². The molecule has 1 aliphatic heterocycles. The van der Waals surface area contributed by atoms with Crippen molar-refractivity contribution in [1.82, 2.24) is 0 Å². The summed E-state index contributed by atoms with van der Waals surface area (Å²) >= 11 is 1.66. The maximum atomic E-state index is 12.5. The van der Waals surface area contributed by atoms with Crippen molar-refractivity contribution in [3.8, 4) is 6.07 Å². The minimum atomic E-state index is -3.67. The van der Waals surface area contributed by atoms with E-state index in [9.17, 15) is 13.2 Å². The highest BCUT2D eigenvalue weighted by molar-refractivity contribution is 7.99. The fourth-order valence-electron chi connectivity index (χ4n) is 2.61. The Morgan fingerprint density at radius 2 is 1.92 bits per heavy atom. The lowest BCUT2D eigenvalue weighted by Gasteiger charge is -2.12. The predicted octanol–water partition coefficient (Wildman–Crippen LogP) is 3.20. The highest BCUT2D eigenvalue weighted by atomic mass is 32.2. The largest absolute Gasteiger partial charge is 0.326 e. The smallest absolute Gasteiger partial charge is 0.232 e. The van der Waals surface area contributed by atoms with Crippen molar-refractivity contribution in [1.29, 1.82) is 5.26 Å². The molecule has 0 aromatic heterocycles. The normalized spacial score (nSPS) is 17.4. The SMILES string of the molecule is CC(C#N)S(=O)(=O)c1ccc(NC(=O)C2CSc3ccccc32)cc1. The first-order chi connectivity index (χ1) is 11.9. The third-order valence-electron chi connectivity index (χ3n) is 4.11. The molecule has 128 valence electrons. The summed E-state index contributed by atoms with van der Waals surface area (Å²) in [5, 5.41) is 10.5. The monoisotopic (exact) mass is 372 g/mol. The van der Waals surface area contributed by atoms with E-state index in [-0.39, 0.29) is 16.7 Å². The Morgan fingerprint density at radius 3 is 2.60 bits per heavy atom. The molecule has 25 heavy (non-hydrogen) atoms. The molecule has 1 N–H and O–H groups in total. The second-order valence-corrected chi connectivity index (χ2v) is 9.06. The average Bonchev–Trinajstić information content (AvgIpc) is 3.05. The van der Waals surface area contributed by atoms with Gasteiger partial charge in [0.15, 0.2) is 9.84 Å². The predicted molar refractivity (Wildman–Crippen MR) is 97.2 cm³/mol.